The minimum atomic E-state index is -1.03. The minimum Gasteiger partial charge on any atom is -0.490 e. The largest absolute Gasteiger partial charge is 0.490 e. The van der Waals surface area contributed by atoms with Crippen LogP contribution in [0.15, 0.2) is 18.2 Å². The molecular weight excluding hydrogens is 374 g/mol. The molecule has 0 aliphatic carbocycles. The molecule has 156 valence electrons. The van der Waals surface area contributed by atoms with Gasteiger partial charge >= 0.3 is 5.97 Å². The van der Waals surface area contributed by atoms with Crippen molar-refractivity contribution in [1.82, 2.24) is 4.98 Å². The highest BCUT2D eigenvalue weighted by Crippen LogP contribution is 2.29. The summed E-state index contributed by atoms with van der Waals surface area (Å²) in [5.41, 5.74) is 2.18. The van der Waals surface area contributed by atoms with Gasteiger partial charge in [0, 0.05) is 11.3 Å². The Morgan fingerprint density at radius 2 is 1.66 bits per heavy atom. The average Bonchev–Trinajstić information content (AvgIpc) is 2.97. The summed E-state index contributed by atoms with van der Waals surface area (Å²) in [5, 5.41) is 0. The molecule has 7 nitrogen and oxygen atoms in total. The first-order chi connectivity index (χ1) is 13.7. The van der Waals surface area contributed by atoms with Gasteiger partial charge in [-0.3, -0.25) is 9.59 Å². The molecule has 1 N–H and O–H groups in total. The van der Waals surface area contributed by atoms with Crippen molar-refractivity contribution < 1.29 is 28.6 Å². The van der Waals surface area contributed by atoms with E-state index in [1.165, 1.54) is 19.9 Å². The maximum Gasteiger partial charge on any atom is 0.338 e. The number of esters is 1. The highest BCUT2D eigenvalue weighted by Gasteiger charge is 2.26. The molecule has 7 heteroatoms. The van der Waals surface area contributed by atoms with E-state index < -0.39 is 17.9 Å². The minimum absolute atomic E-state index is 0.127. The van der Waals surface area contributed by atoms with Crippen molar-refractivity contribution in [3.05, 3.63) is 46.3 Å². The summed E-state index contributed by atoms with van der Waals surface area (Å²) in [4.78, 5) is 40.0. The van der Waals surface area contributed by atoms with Gasteiger partial charge in [-0.2, -0.15) is 0 Å². The number of carbonyl (C=O) groups is 3. The topological polar surface area (TPSA) is 94.7 Å². The first-order valence-corrected chi connectivity index (χ1v) is 9.56. The molecule has 2 aromatic rings. The van der Waals surface area contributed by atoms with Crippen molar-refractivity contribution in [2.75, 3.05) is 13.2 Å². The van der Waals surface area contributed by atoms with E-state index in [0.717, 1.165) is 0 Å². The number of ketones is 2. The molecular formula is C22H27NO6. The normalized spacial score (nSPS) is 11.7. The van der Waals surface area contributed by atoms with E-state index in [1.54, 1.807) is 26.0 Å². The SMILES string of the molecule is CCOc1ccc(C(=O)O[C@H](C)C(=O)c2[nH]c(C)c(C(C)=O)c2C)cc1OCC. The van der Waals surface area contributed by atoms with Crippen LogP contribution in [0.4, 0.5) is 0 Å². The Labute approximate surface area is 170 Å². The Hall–Kier alpha value is -3.09. The number of aromatic nitrogens is 1. The van der Waals surface area contributed by atoms with Crippen LogP contribution in [0.1, 0.15) is 70.2 Å². The summed E-state index contributed by atoms with van der Waals surface area (Å²) in [6.45, 7) is 10.9. The van der Waals surface area contributed by atoms with E-state index >= 15 is 0 Å². The molecule has 29 heavy (non-hydrogen) atoms. The van der Waals surface area contributed by atoms with E-state index in [-0.39, 0.29) is 17.0 Å². The van der Waals surface area contributed by atoms with E-state index in [9.17, 15) is 14.4 Å². The Balaban J connectivity index is 2.20. The van der Waals surface area contributed by atoms with E-state index in [1.807, 2.05) is 13.8 Å². The first kappa shape index (κ1) is 22.2. The average molecular weight is 401 g/mol. The van der Waals surface area contributed by atoms with Crippen LogP contribution < -0.4 is 9.47 Å². The first-order valence-electron chi connectivity index (χ1n) is 9.56. The van der Waals surface area contributed by atoms with Crippen molar-refractivity contribution in [2.24, 2.45) is 0 Å². The molecule has 0 saturated carbocycles. The van der Waals surface area contributed by atoms with Crippen molar-refractivity contribution >= 4 is 17.5 Å². The van der Waals surface area contributed by atoms with Gasteiger partial charge in [0.15, 0.2) is 23.4 Å². The van der Waals surface area contributed by atoms with Gasteiger partial charge in [0.2, 0.25) is 5.78 Å². The van der Waals surface area contributed by atoms with Crippen LogP contribution in [0.2, 0.25) is 0 Å². The van der Waals surface area contributed by atoms with Crippen LogP contribution in [0.5, 0.6) is 11.5 Å². The zero-order chi connectivity index (χ0) is 21.7. The molecule has 0 saturated heterocycles. The van der Waals surface area contributed by atoms with E-state index in [2.05, 4.69) is 4.98 Å². The Morgan fingerprint density at radius 1 is 1.03 bits per heavy atom. The number of ether oxygens (including phenoxy) is 3. The second-order valence-corrected chi connectivity index (χ2v) is 6.62. The van der Waals surface area contributed by atoms with Crippen molar-refractivity contribution in [1.29, 1.82) is 0 Å². The second-order valence-electron chi connectivity index (χ2n) is 6.62. The summed E-state index contributed by atoms with van der Waals surface area (Å²) in [6, 6.07) is 4.73. The number of carbonyl (C=O) groups excluding carboxylic acids is 3. The quantitative estimate of drug-likeness (QED) is 0.503. The molecule has 0 radical (unpaired) electrons. The predicted octanol–water partition coefficient (Wildman–Crippen LogP) is 4.06. The molecule has 1 heterocycles. The predicted molar refractivity (Wildman–Crippen MR) is 108 cm³/mol. The number of Topliss-reactive ketones (excluding diaryl/α,β-unsaturated/α-hetero) is 2. The van der Waals surface area contributed by atoms with Gasteiger partial charge in [0.1, 0.15) is 0 Å². The van der Waals surface area contributed by atoms with Gasteiger partial charge in [-0.1, -0.05) is 0 Å². The summed E-state index contributed by atoms with van der Waals surface area (Å²) < 4.78 is 16.4. The summed E-state index contributed by atoms with van der Waals surface area (Å²) in [5.74, 6) is -0.211. The molecule has 0 aliphatic heterocycles. The molecule has 0 unspecified atom stereocenters. The number of aryl methyl sites for hydroxylation is 1. The van der Waals surface area contributed by atoms with Crippen molar-refractivity contribution in [2.45, 2.75) is 47.6 Å². The molecule has 0 aliphatic rings. The van der Waals surface area contributed by atoms with E-state index in [0.29, 0.717) is 41.5 Å². The van der Waals surface area contributed by atoms with Crippen LogP contribution >= 0.6 is 0 Å². The van der Waals surface area contributed by atoms with Gasteiger partial charge in [-0.25, -0.2) is 4.79 Å². The standard InChI is InChI=1S/C22H27NO6/c1-7-27-17-10-9-16(11-18(17)28-8-2)22(26)29-15(6)21(25)20-12(3)19(14(5)24)13(4)23-20/h9-11,15,23H,7-8H2,1-6H3/t15-/m1/s1. The van der Waals surface area contributed by atoms with Crippen molar-refractivity contribution in [3.63, 3.8) is 0 Å². The summed E-state index contributed by atoms with van der Waals surface area (Å²) in [7, 11) is 0. The van der Waals surface area contributed by atoms with Crippen molar-refractivity contribution in [3.8, 4) is 11.5 Å². The van der Waals surface area contributed by atoms with Gasteiger partial charge in [0.25, 0.3) is 0 Å². The lowest BCUT2D eigenvalue weighted by Gasteiger charge is -2.14. The summed E-state index contributed by atoms with van der Waals surface area (Å²) >= 11 is 0. The number of benzene rings is 1. The van der Waals surface area contributed by atoms with Crippen LogP contribution in [-0.4, -0.2) is 41.8 Å². The van der Waals surface area contributed by atoms with Gasteiger partial charge in [-0.05, 0) is 65.3 Å². The Kier molecular flexibility index (Phi) is 7.20. The smallest absolute Gasteiger partial charge is 0.338 e. The molecule has 1 aromatic carbocycles. The number of rotatable bonds is 9. The van der Waals surface area contributed by atoms with Gasteiger partial charge < -0.3 is 19.2 Å². The fourth-order valence-electron chi connectivity index (χ4n) is 3.19. The fraction of sp³-hybridized carbons (Fsp3) is 0.409. The number of H-pyrrole nitrogens is 1. The highest BCUT2D eigenvalue weighted by molar-refractivity contribution is 6.05. The van der Waals surface area contributed by atoms with Crippen LogP contribution in [0, 0.1) is 13.8 Å². The van der Waals surface area contributed by atoms with Gasteiger partial charge in [-0.15, -0.1) is 0 Å². The Morgan fingerprint density at radius 3 is 2.21 bits per heavy atom. The molecule has 1 aromatic heterocycles. The number of hydrogen-bond donors (Lipinski definition) is 1. The van der Waals surface area contributed by atoms with Crippen LogP contribution in [0.25, 0.3) is 0 Å². The zero-order valence-corrected chi connectivity index (χ0v) is 17.7. The Bertz CT molecular complexity index is 928. The lowest BCUT2D eigenvalue weighted by molar-refractivity contribution is 0.0316. The van der Waals surface area contributed by atoms with Gasteiger partial charge in [0.05, 0.1) is 24.5 Å². The third-order valence-corrected chi connectivity index (χ3v) is 4.47. The fourth-order valence-corrected chi connectivity index (χ4v) is 3.19. The zero-order valence-electron chi connectivity index (χ0n) is 17.7. The maximum atomic E-state index is 12.8. The third-order valence-electron chi connectivity index (χ3n) is 4.47. The third kappa shape index (κ3) is 4.85. The lowest BCUT2D eigenvalue weighted by Crippen LogP contribution is -2.25. The number of nitrogens with one attached hydrogen (secondary N) is 1. The monoisotopic (exact) mass is 401 g/mol. The highest BCUT2D eigenvalue weighted by atomic mass is 16.5. The van der Waals surface area contributed by atoms with Crippen LogP contribution in [-0.2, 0) is 4.74 Å². The second kappa shape index (κ2) is 9.41. The summed E-state index contributed by atoms with van der Waals surface area (Å²) in [6.07, 6.45) is -1.03. The lowest BCUT2D eigenvalue weighted by atomic mass is 10.0. The molecule has 1 atom stereocenters. The molecule has 2 rings (SSSR count). The molecule has 0 amide bonds. The molecule has 0 spiro atoms. The van der Waals surface area contributed by atoms with Crippen LogP contribution in [0.3, 0.4) is 0 Å². The molecule has 0 fully saturated rings. The number of hydrogen-bond acceptors (Lipinski definition) is 6. The number of aromatic amines is 1. The maximum absolute atomic E-state index is 12.8. The van der Waals surface area contributed by atoms with E-state index in [4.69, 9.17) is 14.2 Å². The molecule has 0 bridgehead atoms.